The van der Waals surface area contributed by atoms with Crippen LogP contribution in [0.15, 0.2) is 28.0 Å². The first-order valence-corrected chi connectivity index (χ1v) is 10.8. The molecule has 26 heavy (non-hydrogen) atoms. The van der Waals surface area contributed by atoms with Crippen molar-refractivity contribution in [2.75, 3.05) is 13.1 Å². The number of hydrogen-bond acceptors (Lipinski definition) is 4. The Hall–Kier alpha value is -1.67. The molecular weight excluding hydrogens is 354 g/mol. The van der Waals surface area contributed by atoms with Crippen molar-refractivity contribution in [2.45, 2.75) is 62.9 Å². The maximum Gasteiger partial charge on any atom is 0.251 e. The van der Waals surface area contributed by atoms with E-state index in [9.17, 15) is 18.0 Å². The first kappa shape index (κ1) is 19.1. The molecule has 0 aromatic carbocycles. The van der Waals surface area contributed by atoms with Crippen molar-refractivity contribution >= 4 is 15.9 Å². The van der Waals surface area contributed by atoms with Gasteiger partial charge in [0.25, 0.3) is 5.56 Å². The Morgan fingerprint density at radius 3 is 2.54 bits per heavy atom. The highest BCUT2D eigenvalue weighted by atomic mass is 32.2. The Kier molecular flexibility index (Phi) is 5.82. The maximum atomic E-state index is 12.7. The minimum atomic E-state index is -3.61. The van der Waals surface area contributed by atoms with E-state index in [2.05, 4.69) is 12.2 Å². The molecule has 1 N–H and O–H groups in total. The van der Waals surface area contributed by atoms with Gasteiger partial charge in [0.05, 0.1) is 4.90 Å². The molecule has 0 spiro atoms. The SMILES string of the molecule is C[C@H]1CCCC[C@H]1NC(=O)Cn1cc(S(=O)(=O)N2CCCC2)ccc1=O. The third-order valence-electron chi connectivity index (χ3n) is 5.43. The second kappa shape index (κ2) is 7.92. The van der Waals surface area contributed by atoms with Gasteiger partial charge < -0.3 is 9.88 Å². The van der Waals surface area contributed by atoms with Crippen molar-refractivity contribution in [2.24, 2.45) is 5.92 Å². The topological polar surface area (TPSA) is 88.5 Å². The minimum Gasteiger partial charge on any atom is -0.352 e. The van der Waals surface area contributed by atoms with Crippen LogP contribution >= 0.6 is 0 Å². The molecule has 7 nitrogen and oxygen atoms in total. The highest BCUT2D eigenvalue weighted by Crippen LogP contribution is 2.23. The van der Waals surface area contributed by atoms with Crippen LogP contribution in [0.3, 0.4) is 0 Å². The summed E-state index contributed by atoms with van der Waals surface area (Å²) in [6.45, 7) is 2.97. The standard InChI is InChI=1S/C18H27N3O4S/c1-14-6-2-3-7-16(14)19-17(22)13-20-12-15(8-9-18(20)23)26(24,25)21-10-4-5-11-21/h8-9,12,14,16H,2-7,10-11,13H2,1H3,(H,19,22)/t14-,16+/m0/s1. The number of nitrogens with one attached hydrogen (secondary N) is 1. The molecule has 8 heteroatoms. The van der Waals surface area contributed by atoms with Crippen LogP contribution in [-0.2, 0) is 21.4 Å². The zero-order chi connectivity index (χ0) is 18.7. The molecule has 1 amide bonds. The fourth-order valence-corrected chi connectivity index (χ4v) is 5.34. The lowest BCUT2D eigenvalue weighted by Crippen LogP contribution is -2.43. The number of nitrogens with zero attached hydrogens (tertiary/aromatic N) is 2. The van der Waals surface area contributed by atoms with Crippen molar-refractivity contribution in [1.29, 1.82) is 0 Å². The number of hydrogen-bond donors (Lipinski definition) is 1. The molecule has 1 aliphatic heterocycles. The van der Waals surface area contributed by atoms with Crippen LogP contribution < -0.4 is 10.9 Å². The van der Waals surface area contributed by atoms with Crippen LogP contribution in [0.2, 0.25) is 0 Å². The fourth-order valence-electron chi connectivity index (χ4n) is 3.80. The van der Waals surface area contributed by atoms with Gasteiger partial charge in [0.1, 0.15) is 6.54 Å². The molecule has 2 fully saturated rings. The number of sulfonamides is 1. The van der Waals surface area contributed by atoms with Crippen molar-refractivity contribution in [3.05, 3.63) is 28.7 Å². The summed E-state index contributed by atoms with van der Waals surface area (Å²) in [5, 5.41) is 3.00. The van der Waals surface area contributed by atoms with Crippen LogP contribution in [0.1, 0.15) is 45.4 Å². The summed E-state index contributed by atoms with van der Waals surface area (Å²) in [6.07, 6.45) is 7.31. The normalized spacial score (nSPS) is 24.5. The summed E-state index contributed by atoms with van der Waals surface area (Å²) in [5.41, 5.74) is -0.378. The van der Waals surface area contributed by atoms with Crippen LogP contribution in [-0.4, -0.2) is 42.3 Å². The summed E-state index contributed by atoms with van der Waals surface area (Å²) in [4.78, 5) is 24.5. The van der Waals surface area contributed by atoms with Gasteiger partial charge in [-0.15, -0.1) is 0 Å². The van der Waals surface area contributed by atoms with Gasteiger partial charge in [-0.05, 0) is 37.7 Å². The van der Waals surface area contributed by atoms with E-state index in [0.29, 0.717) is 19.0 Å². The molecule has 144 valence electrons. The maximum absolute atomic E-state index is 12.7. The number of pyridine rings is 1. The van der Waals surface area contributed by atoms with Gasteiger partial charge >= 0.3 is 0 Å². The molecule has 0 bridgehead atoms. The Bertz CT molecular complexity index is 812. The zero-order valence-electron chi connectivity index (χ0n) is 15.2. The smallest absolute Gasteiger partial charge is 0.251 e. The first-order chi connectivity index (χ1) is 12.4. The summed E-state index contributed by atoms with van der Waals surface area (Å²) < 4.78 is 27.9. The molecule has 2 heterocycles. The first-order valence-electron chi connectivity index (χ1n) is 9.38. The van der Waals surface area contributed by atoms with Crippen molar-refractivity contribution in [3.63, 3.8) is 0 Å². The van der Waals surface area contributed by atoms with E-state index in [1.165, 1.54) is 33.6 Å². The number of carbonyl (C=O) groups is 1. The van der Waals surface area contributed by atoms with E-state index in [1.54, 1.807) is 0 Å². The molecule has 1 aromatic heterocycles. The highest BCUT2D eigenvalue weighted by Gasteiger charge is 2.28. The Balaban J connectivity index is 1.73. The molecule has 0 unspecified atom stereocenters. The van der Waals surface area contributed by atoms with Crippen LogP contribution in [0.5, 0.6) is 0 Å². The van der Waals surface area contributed by atoms with Crippen LogP contribution in [0.25, 0.3) is 0 Å². The van der Waals surface area contributed by atoms with Crippen molar-refractivity contribution in [1.82, 2.24) is 14.2 Å². The molecule has 3 rings (SSSR count). The predicted octanol–water partition coefficient (Wildman–Crippen LogP) is 1.33. The van der Waals surface area contributed by atoms with E-state index >= 15 is 0 Å². The van der Waals surface area contributed by atoms with Gasteiger partial charge in [0, 0.05) is 31.4 Å². The number of rotatable bonds is 5. The van der Waals surface area contributed by atoms with Gasteiger partial charge in [-0.2, -0.15) is 4.31 Å². The zero-order valence-corrected chi connectivity index (χ0v) is 16.0. The average Bonchev–Trinajstić information content (AvgIpc) is 3.14. The second-order valence-corrected chi connectivity index (χ2v) is 9.32. The Morgan fingerprint density at radius 2 is 1.85 bits per heavy atom. The molecule has 1 aliphatic carbocycles. The summed E-state index contributed by atoms with van der Waals surface area (Å²) in [6, 6.07) is 2.68. The molecular formula is C18H27N3O4S. The predicted molar refractivity (Wildman–Crippen MR) is 98.3 cm³/mol. The Morgan fingerprint density at radius 1 is 1.15 bits per heavy atom. The highest BCUT2D eigenvalue weighted by molar-refractivity contribution is 7.89. The molecule has 2 atom stereocenters. The largest absolute Gasteiger partial charge is 0.352 e. The van der Waals surface area contributed by atoms with E-state index in [1.807, 2.05) is 0 Å². The summed E-state index contributed by atoms with van der Waals surface area (Å²) in [7, 11) is -3.61. The van der Waals surface area contributed by atoms with E-state index in [4.69, 9.17) is 0 Å². The Labute approximate surface area is 154 Å². The fraction of sp³-hybridized carbons (Fsp3) is 0.667. The van der Waals surface area contributed by atoms with Crippen molar-refractivity contribution < 1.29 is 13.2 Å². The third-order valence-corrected chi connectivity index (χ3v) is 7.31. The monoisotopic (exact) mass is 381 g/mol. The summed E-state index contributed by atoms with van der Waals surface area (Å²) in [5.74, 6) is 0.174. The third kappa shape index (κ3) is 4.17. The van der Waals surface area contributed by atoms with Gasteiger partial charge in [-0.1, -0.05) is 19.8 Å². The lowest BCUT2D eigenvalue weighted by molar-refractivity contribution is -0.123. The van der Waals surface area contributed by atoms with E-state index in [0.717, 1.165) is 32.1 Å². The lowest BCUT2D eigenvalue weighted by atomic mass is 9.86. The number of carbonyl (C=O) groups excluding carboxylic acids is 1. The van der Waals surface area contributed by atoms with Gasteiger partial charge in [0.2, 0.25) is 15.9 Å². The molecule has 2 aliphatic rings. The van der Waals surface area contributed by atoms with Crippen molar-refractivity contribution in [3.8, 4) is 0 Å². The van der Waals surface area contributed by atoms with Gasteiger partial charge in [-0.25, -0.2) is 8.42 Å². The van der Waals surface area contributed by atoms with Crippen LogP contribution in [0, 0.1) is 5.92 Å². The molecule has 0 radical (unpaired) electrons. The van der Waals surface area contributed by atoms with Gasteiger partial charge in [0.15, 0.2) is 0 Å². The molecule has 1 aromatic rings. The quantitative estimate of drug-likeness (QED) is 0.833. The average molecular weight is 381 g/mol. The molecule has 1 saturated heterocycles. The van der Waals surface area contributed by atoms with Crippen LogP contribution in [0.4, 0.5) is 0 Å². The number of aromatic nitrogens is 1. The van der Waals surface area contributed by atoms with Gasteiger partial charge in [-0.3, -0.25) is 9.59 Å². The van der Waals surface area contributed by atoms with E-state index < -0.39 is 10.0 Å². The number of amides is 1. The molecule has 1 saturated carbocycles. The van der Waals surface area contributed by atoms with E-state index in [-0.39, 0.29) is 28.9 Å². The summed E-state index contributed by atoms with van der Waals surface area (Å²) >= 11 is 0. The minimum absolute atomic E-state index is 0.0674. The second-order valence-electron chi connectivity index (χ2n) is 7.38. The lowest BCUT2D eigenvalue weighted by Gasteiger charge is -2.29.